The predicted octanol–water partition coefficient (Wildman–Crippen LogP) is 2.82. The maximum Gasteiger partial charge on any atom is 0.127 e. The van der Waals surface area contributed by atoms with Crippen LogP contribution in [0.15, 0.2) is 18.2 Å². The Kier molecular flexibility index (Phi) is 2.96. The summed E-state index contributed by atoms with van der Waals surface area (Å²) in [4.78, 5) is 0. The monoisotopic (exact) mass is 205 g/mol. The SMILES string of the molecule is CCCC1Oc2c(C)cccc2C1NC. The molecule has 0 saturated carbocycles. The largest absolute Gasteiger partial charge is 0.488 e. The number of benzene rings is 1. The molecule has 0 amide bonds. The highest BCUT2D eigenvalue weighted by Gasteiger charge is 2.33. The normalized spacial score (nSPS) is 23.7. The lowest BCUT2D eigenvalue weighted by Crippen LogP contribution is -2.28. The van der Waals surface area contributed by atoms with Crippen molar-refractivity contribution >= 4 is 0 Å². The molecule has 1 N–H and O–H groups in total. The molecule has 1 aromatic carbocycles. The van der Waals surface area contributed by atoms with E-state index in [0.29, 0.717) is 12.1 Å². The summed E-state index contributed by atoms with van der Waals surface area (Å²) in [5.41, 5.74) is 2.56. The van der Waals surface area contributed by atoms with Crippen molar-refractivity contribution in [3.63, 3.8) is 0 Å². The van der Waals surface area contributed by atoms with Crippen LogP contribution in [0.25, 0.3) is 0 Å². The molecule has 2 atom stereocenters. The van der Waals surface area contributed by atoms with E-state index in [2.05, 4.69) is 37.4 Å². The number of para-hydroxylation sites is 1. The van der Waals surface area contributed by atoms with Crippen molar-refractivity contribution in [1.29, 1.82) is 0 Å². The minimum atomic E-state index is 0.302. The summed E-state index contributed by atoms with van der Waals surface area (Å²) < 4.78 is 6.02. The minimum absolute atomic E-state index is 0.302. The van der Waals surface area contributed by atoms with Crippen LogP contribution in [0.1, 0.15) is 36.9 Å². The lowest BCUT2D eigenvalue weighted by atomic mass is 9.99. The fourth-order valence-corrected chi connectivity index (χ4v) is 2.35. The molecular formula is C13H19NO. The first-order chi connectivity index (χ1) is 7.27. The zero-order valence-electron chi connectivity index (χ0n) is 9.71. The van der Waals surface area contributed by atoms with Crippen LogP contribution in [-0.4, -0.2) is 13.2 Å². The number of aryl methyl sites for hydroxylation is 1. The maximum atomic E-state index is 6.02. The number of fused-ring (bicyclic) bond motifs is 1. The molecule has 0 aliphatic carbocycles. The van der Waals surface area contributed by atoms with Gasteiger partial charge in [-0.25, -0.2) is 0 Å². The molecule has 1 aromatic rings. The fourth-order valence-electron chi connectivity index (χ4n) is 2.35. The van der Waals surface area contributed by atoms with Gasteiger partial charge >= 0.3 is 0 Å². The number of likely N-dealkylation sites (N-methyl/N-ethyl adjacent to an activating group) is 1. The van der Waals surface area contributed by atoms with E-state index in [-0.39, 0.29) is 0 Å². The van der Waals surface area contributed by atoms with Crippen LogP contribution in [0, 0.1) is 6.92 Å². The van der Waals surface area contributed by atoms with Crippen LogP contribution < -0.4 is 10.1 Å². The summed E-state index contributed by atoms with van der Waals surface area (Å²) in [6, 6.07) is 6.75. The van der Waals surface area contributed by atoms with Gasteiger partial charge in [-0.1, -0.05) is 31.5 Å². The van der Waals surface area contributed by atoms with Crippen molar-refractivity contribution in [3.05, 3.63) is 29.3 Å². The molecule has 0 spiro atoms. The Balaban J connectivity index is 2.32. The average molecular weight is 205 g/mol. The van der Waals surface area contributed by atoms with E-state index in [9.17, 15) is 0 Å². The first-order valence-corrected chi connectivity index (χ1v) is 5.71. The number of ether oxygens (including phenoxy) is 1. The lowest BCUT2D eigenvalue weighted by Gasteiger charge is -2.17. The number of rotatable bonds is 3. The van der Waals surface area contributed by atoms with E-state index in [1.54, 1.807) is 0 Å². The van der Waals surface area contributed by atoms with Gasteiger partial charge in [0.05, 0.1) is 6.04 Å². The third-order valence-corrected chi connectivity index (χ3v) is 3.10. The molecule has 0 radical (unpaired) electrons. The lowest BCUT2D eigenvalue weighted by molar-refractivity contribution is 0.181. The van der Waals surface area contributed by atoms with Crippen LogP contribution in [0.5, 0.6) is 5.75 Å². The second-order valence-electron chi connectivity index (χ2n) is 4.20. The van der Waals surface area contributed by atoms with E-state index < -0.39 is 0 Å². The third kappa shape index (κ3) is 1.74. The fraction of sp³-hybridized carbons (Fsp3) is 0.538. The molecule has 0 fully saturated rings. The first-order valence-electron chi connectivity index (χ1n) is 5.71. The molecule has 1 aliphatic rings. The molecule has 2 unspecified atom stereocenters. The van der Waals surface area contributed by atoms with Crippen LogP contribution in [0.3, 0.4) is 0 Å². The van der Waals surface area contributed by atoms with E-state index in [4.69, 9.17) is 4.74 Å². The molecular weight excluding hydrogens is 186 g/mol. The van der Waals surface area contributed by atoms with Crippen LogP contribution in [-0.2, 0) is 0 Å². The molecule has 0 bridgehead atoms. The van der Waals surface area contributed by atoms with E-state index in [0.717, 1.165) is 18.6 Å². The van der Waals surface area contributed by atoms with Crippen molar-refractivity contribution in [2.75, 3.05) is 7.05 Å². The maximum absolute atomic E-state index is 6.02. The Morgan fingerprint density at radius 2 is 2.20 bits per heavy atom. The van der Waals surface area contributed by atoms with Crippen molar-refractivity contribution in [2.45, 2.75) is 38.8 Å². The summed E-state index contributed by atoms with van der Waals surface area (Å²) in [5, 5.41) is 3.36. The van der Waals surface area contributed by atoms with E-state index >= 15 is 0 Å². The smallest absolute Gasteiger partial charge is 0.127 e. The number of hydrogen-bond donors (Lipinski definition) is 1. The van der Waals surface area contributed by atoms with Gasteiger partial charge in [0.2, 0.25) is 0 Å². The summed E-state index contributed by atoms with van der Waals surface area (Å²) >= 11 is 0. The first kappa shape index (κ1) is 10.5. The van der Waals surface area contributed by atoms with E-state index in [1.165, 1.54) is 11.1 Å². The molecule has 1 aliphatic heterocycles. The van der Waals surface area contributed by atoms with Gasteiger partial charge in [-0.15, -0.1) is 0 Å². The topological polar surface area (TPSA) is 21.3 Å². The van der Waals surface area contributed by atoms with Crippen LogP contribution in [0.4, 0.5) is 0 Å². The number of hydrogen-bond acceptors (Lipinski definition) is 2. The predicted molar refractivity (Wildman–Crippen MR) is 62.3 cm³/mol. The van der Waals surface area contributed by atoms with Gasteiger partial charge in [0.25, 0.3) is 0 Å². The molecule has 1 heterocycles. The standard InChI is InChI=1S/C13H19NO/c1-4-6-11-12(14-3)10-8-5-7-9(2)13(10)15-11/h5,7-8,11-12,14H,4,6H2,1-3H3. The van der Waals surface area contributed by atoms with Gasteiger partial charge in [0.15, 0.2) is 0 Å². The highest BCUT2D eigenvalue weighted by molar-refractivity contribution is 5.46. The Morgan fingerprint density at radius 3 is 2.87 bits per heavy atom. The summed E-state index contributed by atoms with van der Waals surface area (Å²) in [5.74, 6) is 1.09. The Hall–Kier alpha value is -1.02. The summed E-state index contributed by atoms with van der Waals surface area (Å²) in [6.07, 6.45) is 2.58. The zero-order valence-corrected chi connectivity index (χ0v) is 9.71. The van der Waals surface area contributed by atoms with Gasteiger partial charge < -0.3 is 10.1 Å². The van der Waals surface area contributed by atoms with Gasteiger partial charge in [-0.05, 0) is 26.0 Å². The number of nitrogens with one attached hydrogen (secondary N) is 1. The van der Waals surface area contributed by atoms with Gasteiger partial charge in [0.1, 0.15) is 11.9 Å². The molecule has 15 heavy (non-hydrogen) atoms. The molecule has 82 valence electrons. The van der Waals surface area contributed by atoms with Crippen molar-refractivity contribution in [2.24, 2.45) is 0 Å². The summed E-state index contributed by atoms with van der Waals surface area (Å²) in [6.45, 7) is 4.31. The van der Waals surface area contributed by atoms with Crippen LogP contribution in [0.2, 0.25) is 0 Å². The Morgan fingerprint density at radius 1 is 1.40 bits per heavy atom. The quantitative estimate of drug-likeness (QED) is 0.819. The van der Waals surface area contributed by atoms with Gasteiger partial charge in [-0.2, -0.15) is 0 Å². The molecule has 2 heteroatoms. The van der Waals surface area contributed by atoms with Crippen molar-refractivity contribution in [3.8, 4) is 5.75 Å². The second kappa shape index (κ2) is 4.23. The highest BCUT2D eigenvalue weighted by Crippen LogP contribution is 2.40. The van der Waals surface area contributed by atoms with Gasteiger partial charge in [0, 0.05) is 5.56 Å². The van der Waals surface area contributed by atoms with Crippen molar-refractivity contribution in [1.82, 2.24) is 5.32 Å². The van der Waals surface area contributed by atoms with Crippen LogP contribution >= 0.6 is 0 Å². The molecule has 0 saturated heterocycles. The Labute approximate surface area is 91.6 Å². The minimum Gasteiger partial charge on any atom is -0.488 e. The Bertz CT molecular complexity index is 348. The molecule has 2 nitrogen and oxygen atoms in total. The third-order valence-electron chi connectivity index (χ3n) is 3.10. The highest BCUT2D eigenvalue weighted by atomic mass is 16.5. The van der Waals surface area contributed by atoms with Crippen molar-refractivity contribution < 1.29 is 4.74 Å². The molecule has 2 rings (SSSR count). The van der Waals surface area contributed by atoms with Gasteiger partial charge in [-0.3, -0.25) is 0 Å². The van der Waals surface area contributed by atoms with E-state index in [1.807, 2.05) is 7.05 Å². The second-order valence-corrected chi connectivity index (χ2v) is 4.20. The average Bonchev–Trinajstić information content (AvgIpc) is 2.58. The zero-order chi connectivity index (χ0) is 10.8. The molecule has 0 aromatic heterocycles. The summed E-state index contributed by atoms with van der Waals surface area (Å²) in [7, 11) is 2.01.